The van der Waals surface area contributed by atoms with Crippen molar-refractivity contribution in [2.45, 2.75) is 112 Å². The van der Waals surface area contributed by atoms with E-state index in [4.69, 9.17) is 53.3 Å². The number of carbonyl (C=O) groups is 1. The van der Waals surface area contributed by atoms with Gasteiger partial charge in [0.25, 0.3) is 0 Å². The van der Waals surface area contributed by atoms with Gasteiger partial charge in [-0.15, -0.1) is 0 Å². The lowest BCUT2D eigenvalue weighted by molar-refractivity contribution is -0.317. The van der Waals surface area contributed by atoms with Gasteiger partial charge in [0, 0.05) is 19.0 Å². The summed E-state index contributed by atoms with van der Waals surface area (Å²) in [7, 11) is 0. The molecule has 3 fully saturated rings. The lowest BCUT2D eigenvalue weighted by Gasteiger charge is -2.48. The number of rotatable bonds is 12. The summed E-state index contributed by atoms with van der Waals surface area (Å²) in [5.74, 6) is -1.47. The van der Waals surface area contributed by atoms with Crippen molar-refractivity contribution < 1.29 is 49.3 Å². The maximum absolute atomic E-state index is 12.8. The van der Waals surface area contributed by atoms with E-state index in [1.165, 1.54) is 0 Å². The van der Waals surface area contributed by atoms with Crippen LogP contribution in [0.15, 0.2) is 4.99 Å². The van der Waals surface area contributed by atoms with Gasteiger partial charge in [0.05, 0.1) is 24.9 Å². The number of nitrogens with two attached hydrogens (primary N) is 6. The molecule has 1 unspecified atom stereocenters. The van der Waals surface area contributed by atoms with E-state index >= 15 is 0 Å². The summed E-state index contributed by atoms with van der Waals surface area (Å²) in [6.45, 7) is -0.321. The van der Waals surface area contributed by atoms with Crippen LogP contribution in [0.4, 0.5) is 0 Å². The molecule has 0 radical (unpaired) electrons. The van der Waals surface area contributed by atoms with Crippen molar-refractivity contribution in [2.75, 3.05) is 19.7 Å². The number of Topliss-reactive ketones (excluding diaryl/α,β-unsaturated/α-hetero) is 1. The van der Waals surface area contributed by atoms with Crippen molar-refractivity contribution in [1.82, 2.24) is 0 Å². The number of ketones is 1. The molecule has 0 aromatic heterocycles. The highest BCUT2D eigenvalue weighted by Gasteiger charge is 2.51. The molecule has 2 aliphatic heterocycles. The van der Waals surface area contributed by atoms with Crippen LogP contribution in [-0.4, -0.2) is 137 Å². The molecule has 0 aromatic carbocycles. The molecule has 3 rings (SSSR count). The number of hydrogen-bond donors (Lipinski definition) is 11. The Hall–Kier alpha value is -1.58. The summed E-state index contributed by atoms with van der Waals surface area (Å²) in [5, 5.41) is 52.2. The monoisotopic (exact) mass is 593 g/mol. The van der Waals surface area contributed by atoms with Crippen molar-refractivity contribution in [2.24, 2.45) is 45.3 Å². The topological polar surface area (TPSA) is 324 Å². The second-order valence-corrected chi connectivity index (χ2v) is 11.0. The first kappa shape index (κ1) is 33.9. The van der Waals surface area contributed by atoms with Gasteiger partial charge in [-0.3, -0.25) is 4.79 Å². The average molecular weight is 594 g/mol. The molecule has 0 bridgehead atoms. The molecule has 17 heteroatoms. The Morgan fingerprint density at radius 2 is 1.66 bits per heavy atom. The number of guanidine groups is 1. The van der Waals surface area contributed by atoms with Crippen LogP contribution in [0, 0.1) is 5.92 Å². The average Bonchev–Trinajstić information content (AvgIpc) is 2.93. The molecule has 17 nitrogen and oxygen atoms in total. The zero-order valence-electron chi connectivity index (χ0n) is 22.9. The Kier molecular flexibility index (Phi) is 12.6. The van der Waals surface area contributed by atoms with Gasteiger partial charge in [0.1, 0.15) is 42.7 Å². The molecule has 1 saturated carbocycles. The van der Waals surface area contributed by atoms with Crippen LogP contribution >= 0.6 is 0 Å². The summed E-state index contributed by atoms with van der Waals surface area (Å²) < 4.78 is 23.7. The van der Waals surface area contributed by atoms with Gasteiger partial charge in [-0.05, 0) is 38.1 Å². The van der Waals surface area contributed by atoms with Gasteiger partial charge in [0.15, 0.2) is 24.3 Å². The molecule has 0 spiro atoms. The smallest absolute Gasteiger partial charge is 0.186 e. The Morgan fingerprint density at radius 1 is 0.976 bits per heavy atom. The van der Waals surface area contributed by atoms with E-state index in [1.807, 2.05) is 0 Å². The van der Waals surface area contributed by atoms with Gasteiger partial charge in [-0.1, -0.05) is 0 Å². The maximum atomic E-state index is 12.8. The number of nitrogens with zero attached hydrogens (tertiary/aromatic N) is 1. The first-order valence-corrected chi connectivity index (χ1v) is 13.9. The number of carbonyl (C=O) groups excluding carboxylic acids is 1. The van der Waals surface area contributed by atoms with E-state index < -0.39 is 91.7 Å². The molecule has 0 amide bonds. The predicted molar refractivity (Wildman–Crippen MR) is 143 cm³/mol. The minimum absolute atomic E-state index is 0.0420. The second-order valence-electron chi connectivity index (χ2n) is 11.0. The first-order valence-electron chi connectivity index (χ1n) is 13.9. The van der Waals surface area contributed by atoms with Crippen molar-refractivity contribution in [3.8, 4) is 0 Å². The first-order chi connectivity index (χ1) is 19.4. The van der Waals surface area contributed by atoms with Crippen LogP contribution in [0.25, 0.3) is 0 Å². The number of ether oxygens (including phenoxy) is 4. The third-order valence-electron chi connectivity index (χ3n) is 7.93. The second kappa shape index (κ2) is 15.2. The summed E-state index contributed by atoms with van der Waals surface area (Å²) >= 11 is 0. The summed E-state index contributed by atoms with van der Waals surface area (Å²) in [5.41, 5.74) is 34.8. The molecule has 2 heterocycles. The minimum atomic E-state index is -1.55. The zero-order chi connectivity index (χ0) is 30.4. The van der Waals surface area contributed by atoms with E-state index in [1.54, 1.807) is 0 Å². The van der Waals surface area contributed by atoms with Crippen molar-refractivity contribution in [3.63, 3.8) is 0 Å². The predicted octanol–water partition coefficient (Wildman–Crippen LogP) is -5.99. The largest absolute Gasteiger partial charge is 0.394 e. The van der Waals surface area contributed by atoms with Crippen LogP contribution in [0.3, 0.4) is 0 Å². The molecule has 41 heavy (non-hydrogen) atoms. The van der Waals surface area contributed by atoms with E-state index in [9.17, 15) is 30.3 Å². The quantitative estimate of drug-likeness (QED) is 0.0740. The SMILES string of the molecule is NCC[C@H](O)C(=O)C[C@@H]1C[C@H](N)C(O[C@H]2O[C@H](CN)CC[C@H]2N=C(N)N)[C@H](O)[C@H]1O[C@H]1O[C@H](CO)[C@@H](O)[C@H](N)[C@H]1O. The van der Waals surface area contributed by atoms with E-state index in [-0.39, 0.29) is 44.4 Å². The van der Waals surface area contributed by atoms with Gasteiger partial charge in [0.2, 0.25) is 0 Å². The number of aliphatic imine (C=N–C) groups is 1. The molecule has 14 atom stereocenters. The van der Waals surface area contributed by atoms with Crippen LogP contribution in [0.5, 0.6) is 0 Å². The molecule has 17 N–H and O–H groups in total. The van der Waals surface area contributed by atoms with Gasteiger partial charge in [-0.2, -0.15) is 0 Å². The number of aliphatic hydroxyl groups is 5. The van der Waals surface area contributed by atoms with Crippen LogP contribution in [0.2, 0.25) is 0 Å². The van der Waals surface area contributed by atoms with Gasteiger partial charge in [-0.25, -0.2) is 4.99 Å². The highest BCUT2D eigenvalue weighted by molar-refractivity contribution is 5.83. The molecular weight excluding hydrogens is 546 g/mol. The number of aliphatic hydroxyl groups excluding tert-OH is 5. The van der Waals surface area contributed by atoms with Crippen LogP contribution in [-0.2, 0) is 23.7 Å². The Morgan fingerprint density at radius 3 is 2.27 bits per heavy atom. The lowest BCUT2D eigenvalue weighted by Crippen LogP contribution is -2.66. The minimum Gasteiger partial charge on any atom is -0.394 e. The van der Waals surface area contributed by atoms with E-state index in [0.29, 0.717) is 12.8 Å². The van der Waals surface area contributed by atoms with Crippen molar-refractivity contribution >= 4 is 11.7 Å². The van der Waals surface area contributed by atoms with Crippen LogP contribution < -0.4 is 34.4 Å². The summed E-state index contributed by atoms with van der Waals surface area (Å²) in [4.78, 5) is 17.0. The third-order valence-corrected chi connectivity index (χ3v) is 7.93. The van der Waals surface area contributed by atoms with Gasteiger partial charge >= 0.3 is 0 Å². The molecule has 0 aromatic rings. The summed E-state index contributed by atoms with van der Waals surface area (Å²) in [6, 6.07) is -2.68. The fourth-order valence-corrected chi connectivity index (χ4v) is 5.61. The molecule has 3 aliphatic rings. The Balaban J connectivity index is 1.87. The van der Waals surface area contributed by atoms with Crippen molar-refractivity contribution in [1.29, 1.82) is 0 Å². The highest BCUT2D eigenvalue weighted by atomic mass is 16.7. The molecule has 1 aliphatic carbocycles. The van der Waals surface area contributed by atoms with E-state index in [0.717, 1.165) is 0 Å². The highest BCUT2D eigenvalue weighted by Crippen LogP contribution is 2.36. The number of hydrogen-bond acceptors (Lipinski definition) is 15. The fourth-order valence-electron chi connectivity index (χ4n) is 5.61. The Bertz CT molecular complexity index is 869. The lowest BCUT2D eigenvalue weighted by atomic mass is 9.76. The third kappa shape index (κ3) is 8.29. The fraction of sp³-hybridized carbons (Fsp3) is 0.917. The molecular formula is C24H47N7O10. The van der Waals surface area contributed by atoms with E-state index in [2.05, 4.69) is 4.99 Å². The molecule has 2 saturated heterocycles. The Labute approximate surface area is 238 Å². The maximum Gasteiger partial charge on any atom is 0.186 e. The molecule has 238 valence electrons. The normalized spacial score (nSPS) is 42.4. The zero-order valence-corrected chi connectivity index (χ0v) is 22.9. The summed E-state index contributed by atoms with van der Waals surface area (Å²) in [6.07, 6.45) is -11.2. The van der Waals surface area contributed by atoms with Crippen molar-refractivity contribution in [3.05, 3.63) is 0 Å². The standard InChI is InChI=1S/C24H47N7O10/c25-4-3-13(33)14(34)6-9-5-11(27)21(41-22-12(31-24(29)30)2-1-10(7-26)38-22)19(37)20(9)40-23-18(36)16(28)17(35)15(8-32)39-23/h9-13,15-23,32-33,35-37H,1-8,25-28H2,(H4,29,30,31)/t9-,10-,11-,12+,13-,15+,16-,17+,18+,19+,20-,21?,22+,23+/m0/s1. The van der Waals surface area contributed by atoms with Gasteiger partial charge < -0.3 is 78.9 Å². The van der Waals surface area contributed by atoms with Crippen LogP contribution in [0.1, 0.15) is 32.1 Å².